The molecule has 0 aliphatic carbocycles. The Morgan fingerprint density at radius 2 is 1.91 bits per heavy atom. The van der Waals surface area contributed by atoms with Crippen molar-refractivity contribution in [2.75, 3.05) is 46.3 Å². The van der Waals surface area contributed by atoms with Crippen molar-refractivity contribution in [3.8, 4) is 5.75 Å². The zero-order valence-corrected chi connectivity index (χ0v) is 20.3. The van der Waals surface area contributed by atoms with Crippen LogP contribution in [0.15, 0.2) is 60.0 Å². The Hall–Kier alpha value is -2.99. The Bertz CT molecular complexity index is 1060. The lowest BCUT2D eigenvalue weighted by atomic mass is 10.0. The largest absolute Gasteiger partial charge is 0.457 e. The van der Waals surface area contributed by atoms with Crippen LogP contribution in [0.25, 0.3) is 10.8 Å². The van der Waals surface area contributed by atoms with E-state index in [2.05, 4.69) is 84.6 Å². The van der Waals surface area contributed by atoms with E-state index in [1.165, 1.54) is 16.6 Å². The smallest absolute Gasteiger partial charge is 0.317 e. The van der Waals surface area contributed by atoms with Crippen LogP contribution in [0.5, 0.6) is 5.75 Å². The minimum Gasteiger partial charge on any atom is -0.457 e. The van der Waals surface area contributed by atoms with Gasteiger partial charge in [-0.3, -0.25) is 4.90 Å². The van der Waals surface area contributed by atoms with Gasteiger partial charge in [0.1, 0.15) is 11.5 Å². The van der Waals surface area contributed by atoms with E-state index in [0.29, 0.717) is 6.54 Å². The van der Waals surface area contributed by atoms with Gasteiger partial charge >= 0.3 is 6.03 Å². The molecule has 0 spiro atoms. The van der Waals surface area contributed by atoms with Gasteiger partial charge in [-0.15, -0.1) is 0 Å². The van der Waals surface area contributed by atoms with E-state index >= 15 is 0 Å². The zero-order valence-electron chi connectivity index (χ0n) is 20.3. The summed E-state index contributed by atoms with van der Waals surface area (Å²) < 4.78 is 6.39. The lowest BCUT2D eigenvalue weighted by Crippen LogP contribution is -2.57. The third-order valence-electron chi connectivity index (χ3n) is 6.71. The molecule has 33 heavy (non-hydrogen) atoms. The predicted molar refractivity (Wildman–Crippen MR) is 134 cm³/mol. The van der Waals surface area contributed by atoms with Gasteiger partial charge in [0, 0.05) is 69.5 Å². The van der Waals surface area contributed by atoms with Crippen molar-refractivity contribution in [3.63, 3.8) is 0 Å². The second-order valence-electron chi connectivity index (χ2n) is 8.98. The van der Waals surface area contributed by atoms with Crippen LogP contribution in [0.3, 0.4) is 0 Å². The molecule has 0 saturated carbocycles. The number of fused-ring (bicyclic) bond motifs is 1. The third-order valence-corrected chi connectivity index (χ3v) is 6.71. The standard InChI is InChI=1S/C27H36N4O2/c1-5-21-18-30(15-16-31(21)27(32)28-6-2)19-22-17-23(13-14-29(22)4)33-26-12-11-20(3)24-9-7-8-10-25(24)26/h7-13,17,21H,5-6,14-16,18-19H2,1-4H3,(H,28,32). The molecule has 2 heterocycles. The zero-order chi connectivity index (χ0) is 23.4. The minimum atomic E-state index is 0.0574. The molecule has 4 rings (SSSR count). The Balaban J connectivity index is 1.46. The highest BCUT2D eigenvalue weighted by Gasteiger charge is 2.30. The second kappa shape index (κ2) is 10.3. The quantitative estimate of drug-likeness (QED) is 0.713. The van der Waals surface area contributed by atoms with E-state index in [-0.39, 0.29) is 12.1 Å². The molecular weight excluding hydrogens is 412 g/mol. The number of piperazine rings is 1. The Labute approximate surface area is 197 Å². The monoisotopic (exact) mass is 448 g/mol. The van der Waals surface area contributed by atoms with Crippen molar-refractivity contribution < 1.29 is 9.53 Å². The highest BCUT2D eigenvalue weighted by Crippen LogP contribution is 2.30. The van der Waals surface area contributed by atoms with Gasteiger partial charge in [-0.1, -0.05) is 37.3 Å². The molecule has 2 aromatic rings. The van der Waals surface area contributed by atoms with E-state index in [1.54, 1.807) is 0 Å². The lowest BCUT2D eigenvalue weighted by molar-refractivity contribution is 0.0938. The summed E-state index contributed by atoms with van der Waals surface area (Å²) in [6.07, 6.45) is 5.26. The average molecular weight is 449 g/mol. The number of aryl methyl sites for hydroxylation is 1. The fraction of sp³-hybridized carbons (Fsp3) is 0.444. The summed E-state index contributed by atoms with van der Waals surface area (Å²) in [5.41, 5.74) is 2.49. The molecule has 2 aliphatic rings. The Morgan fingerprint density at radius 1 is 1.12 bits per heavy atom. The van der Waals surface area contributed by atoms with Gasteiger partial charge in [0.15, 0.2) is 0 Å². The van der Waals surface area contributed by atoms with Gasteiger partial charge in [0.2, 0.25) is 0 Å². The molecule has 6 nitrogen and oxygen atoms in total. The molecule has 0 bridgehead atoms. The molecule has 6 heteroatoms. The molecule has 1 saturated heterocycles. The number of carbonyl (C=O) groups is 1. The van der Waals surface area contributed by atoms with Crippen LogP contribution in [0.4, 0.5) is 4.79 Å². The summed E-state index contributed by atoms with van der Waals surface area (Å²) in [6, 6.07) is 12.9. The molecule has 1 atom stereocenters. The van der Waals surface area contributed by atoms with Gasteiger partial charge in [0.05, 0.1) is 0 Å². The number of rotatable bonds is 6. The third kappa shape index (κ3) is 5.17. The highest BCUT2D eigenvalue weighted by atomic mass is 16.5. The number of nitrogens with zero attached hydrogens (tertiary/aromatic N) is 3. The summed E-state index contributed by atoms with van der Waals surface area (Å²) in [4.78, 5) is 19.1. The molecule has 1 unspecified atom stereocenters. The number of amides is 2. The molecule has 0 radical (unpaired) electrons. The first kappa shape index (κ1) is 23.2. The first-order valence-corrected chi connectivity index (χ1v) is 12.0. The highest BCUT2D eigenvalue weighted by molar-refractivity contribution is 5.91. The maximum absolute atomic E-state index is 12.4. The molecule has 2 aliphatic heterocycles. The lowest BCUT2D eigenvalue weighted by Gasteiger charge is -2.42. The van der Waals surface area contributed by atoms with E-state index in [1.807, 2.05) is 11.8 Å². The Morgan fingerprint density at radius 3 is 2.67 bits per heavy atom. The topological polar surface area (TPSA) is 48.1 Å². The SMILES string of the molecule is CCNC(=O)N1CCN(CC2=CC(Oc3ccc(C)c4ccccc34)=CCN2C)CC1CC. The van der Waals surface area contributed by atoms with Crippen LogP contribution in [0.1, 0.15) is 25.8 Å². The van der Waals surface area contributed by atoms with Crippen molar-refractivity contribution in [2.24, 2.45) is 0 Å². The first-order chi connectivity index (χ1) is 16.0. The molecule has 0 aromatic heterocycles. The van der Waals surface area contributed by atoms with Crippen LogP contribution in [0, 0.1) is 6.92 Å². The summed E-state index contributed by atoms with van der Waals surface area (Å²) in [7, 11) is 2.13. The normalized spacial score (nSPS) is 19.3. The molecule has 176 valence electrons. The number of likely N-dealkylation sites (N-methyl/N-ethyl adjacent to an activating group) is 1. The minimum absolute atomic E-state index is 0.0574. The molecule has 1 fully saturated rings. The number of hydrogen-bond acceptors (Lipinski definition) is 4. The van der Waals surface area contributed by atoms with E-state index in [0.717, 1.165) is 56.0 Å². The van der Waals surface area contributed by atoms with Gasteiger partial charge < -0.3 is 19.9 Å². The van der Waals surface area contributed by atoms with Gasteiger partial charge in [-0.05, 0) is 43.4 Å². The number of allylic oxidation sites excluding steroid dienone is 1. The maximum Gasteiger partial charge on any atom is 0.317 e. The van der Waals surface area contributed by atoms with Crippen LogP contribution < -0.4 is 10.1 Å². The van der Waals surface area contributed by atoms with Crippen molar-refractivity contribution in [2.45, 2.75) is 33.2 Å². The number of hydrogen-bond donors (Lipinski definition) is 1. The van der Waals surface area contributed by atoms with Gasteiger partial charge in [-0.2, -0.15) is 0 Å². The number of nitrogens with one attached hydrogen (secondary N) is 1. The number of carbonyl (C=O) groups excluding carboxylic acids is 1. The van der Waals surface area contributed by atoms with Crippen LogP contribution in [0.2, 0.25) is 0 Å². The summed E-state index contributed by atoms with van der Waals surface area (Å²) in [6.45, 7) is 11.1. The maximum atomic E-state index is 12.4. The van der Waals surface area contributed by atoms with Crippen molar-refractivity contribution in [3.05, 3.63) is 65.6 Å². The number of ether oxygens (including phenoxy) is 1. The average Bonchev–Trinajstić information content (AvgIpc) is 2.83. The number of urea groups is 1. The van der Waals surface area contributed by atoms with Crippen molar-refractivity contribution in [1.29, 1.82) is 0 Å². The summed E-state index contributed by atoms with van der Waals surface area (Å²) >= 11 is 0. The molecule has 1 N–H and O–H groups in total. The fourth-order valence-corrected chi connectivity index (χ4v) is 4.71. The fourth-order valence-electron chi connectivity index (χ4n) is 4.71. The predicted octanol–water partition coefficient (Wildman–Crippen LogP) is 4.37. The molecule has 2 amide bonds. The summed E-state index contributed by atoms with van der Waals surface area (Å²) in [5, 5.41) is 5.32. The van der Waals surface area contributed by atoms with E-state index in [4.69, 9.17) is 4.74 Å². The second-order valence-corrected chi connectivity index (χ2v) is 8.98. The van der Waals surface area contributed by atoms with Crippen LogP contribution >= 0.6 is 0 Å². The number of benzene rings is 2. The molecule has 2 aromatic carbocycles. The van der Waals surface area contributed by atoms with Crippen LogP contribution in [-0.2, 0) is 0 Å². The van der Waals surface area contributed by atoms with Crippen molar-refractivity contribution in [1.82, 2.24) is 20.0 Å². The molecular formula is C27H36N4O2. The van der Waals surface area contributed by atoms with Crippen molar-refractivity contribution >= 4 is 16.8 Å². The Kier molecular flexibility index (Phi) is 7.23. The van der Waals surface area contributed by atoms with Gasteiger partial charge in [-0.25, -0.2) is 4.79 Å². The van der Waals surface area contributed by atoms with E-state index < -0.39 is 0 Å². The van der Waals surface area contributed by atoms with Crippen LogP contribution in [-0.4, -0.2) is 73.1 Å². The van der Waals surface area contributed by atoms with E-state index in [9.17, 15) is 4.79 Å². The summed E-state index contributed by atoms with van der Waals surface area (Å²) in [5.74, 6) is 1.79. The first-order valence-electron chi connectivity index (χ1n) is 12.0. The van der Waals surface area contributed by atoms with Gasteiger partial charge in [0.25, 0.3) is 0 Å².